The average molecular weight is 198 g/mol. The van der Waals surface area contributed by atoms with Gasteiger partial charge in [0.2, 0.25) is 0 Å². The van der Waals surface area contributed by atoms with Crippen molar-refractivity contribution < 1.29 is 0 Å². The predicted molar refractivity (Wildman–Crippen MR) is 59.3 cm³/mol. The van der Waals surface area contributed by atoms with Gasteiger partial charge in [-0.1, -0.05) is 5.18 Å². The molecule has 1 rings (SSSR count). The van der Waals surface area contributed by atoms with Crippen molar-refractivity contribution in [2.24, 2.45) is 11.1 Å². The van der Waals surface area contributed by atoms with Crippen LogP contribution in [0.4, 0.5) is 0 Å². The van der Waals surface area contributed by atoms with Gasteiger partial charge in [0.25, 0.3) is 0 Å². The van der Waals surface area contributed by atoms with Crippen LogP contribution in [0, 0.1) is 10.8 Å². The topological polar surface area (TPSA) is 32.7 Å². The van der Waals surface area contributed by atoms with Crippen molar-refractivity contribution >= 4 is 0 Å². The zero-order valence-corrected chi connectivity index (χ0v) is 9.79. The summed E-state index contributed by atoms with van der Waals surface area (Å²) in [6.07, 6.45) is 2.22. The highest BCUT2D eigenvalue weighted by atomic mass is 16.3. The smallest absolute Gasteiger partial charge is 0.0999 e. The summed E-state index contributed by atoms with van der Waals surface area (Å²) in [5, 5.41) is 3.25. The molecule has 0 amide bonds. The molecular formula is C11H22N2O. The van der Waals surface area contributed by atoms with Crippen molar-refractivity contribution in [3.05, 3.63) is 4.91 Å². The lowest BCUT2D eigenvalue weighted by molar-refractivity contribution is 0.118. The summed E-state index contributed by atoms with van der Waals surface area (Å²) in [5.74, 6) is 0.468. The van der Waals surface area contributed by atoms with Gasteiger partial charge in [0.1, 0.15) is 0 Å². The summed E-state index contributed by atoms with van der Waals surface area (Å²) < 4.78 is 0. The molecule has 0 aliphatic carbocycles. The van der Waals surface area contributed by atoms with E-state index in [2.05, 4.69) is 23.9 Å². The first-order chi connectivity index (χ1) is 6.47. The van der Waals surface area contributed by atoms with Gasteiger partial charge in [-0.15, -0.1) is 0 Å². The van der Waals surface area contributed by atoms with Gasteiger partial charge in [0.15, 0.2) is 0 Å². The van der Waals surface area contributed by atoms with E-state index in [0.29, 0.717) is 12.0 Å². The van der Waals surface area contributed by atoms with E-state index in [9.17, 15) is 4.91 Å². The molecule has 0 N–H and O–H groups in total. The quantitative estimate of drug-likeness (QED) is 0.653. The van der Waals surface area contributed by atoms with Crippen molar-refractivity contribution in [3.8, 4) is 0 Å². The van der Waals surface area contributed by atoms with Gasteiger partial charge < -0.3 is 4.90 Å². The first kappa shape index (κ1) is 11.6. The number of hydrogen-bond acceptors (Lipinski definition) is 3. The van der Waals surface area contributed by atoms with Gasteiger partial charge in [-0.3, -0.25) is 0 Å². The van der Waals surface area contributed by atoms with Crippen LogP contribution in [0.5, 0.6) is 0 Å². The van der Waals surface area contributed by atoms with Gasteiger partial charge in [-0.2, -0.15) is 4.91 Å². The molecule has 0 unspecified atom stereocenters. The molecule has 1 heterocycles. The van der Waals surface area contributed by atoms with Crippen LogP contribution in [0.3, 0.4) is 0 Å². The third-order valence-corrected chi connectivity index (χ3v) is 3.49. The number of likely N-dealkylation sites (tertiary alicyclic amines) is 1. The molecule has 1 aliphatic heterocycles. The Morgan fingerprint density at radius 3 is 2.14 bits per heavy atom. The number of nitroso groups, excluding NO2 is 1. The Morgan fingerprint density at radius 1 is 1.29 bits per heavy atom. The molecule has 0 aromatic carbocycles. The molecule has 3 heteroatoms. The molecule has 1 saturated heterocycles. The lowest BCUT2D eigenvalue weighted by Crippen LogP contribution is -2.43. The van der Waals surface area contributed by atoms with Crippen LogP contribution in [0.25, 0.3) is 0 Å². The van der Waals surface area contributed by atoms with Crippen LogP contribution in [-0.2, 0) is 0 Å². The zero-order chi connectivity index (χ0) is 10.8. The van der Waals surface area contributed by atoms with E-state index >= 15 is 0 Å². The standard InChI is InChI=1S/C11H22N2O/c1-9(2)13-7-5-10(6-8-13)11(3,4)12-14/h9-10H,5-8H2,1-4H3. The second kappa shape index (κ2) is 4.39. The Balaban J connectivity index is 2.47. The van der Waals surface area contributed by atoms with Gasteiger partial charge in [-0.05, 0) is 59.5 Å². The maximum absolute atomic E-state index is 10.7. The molecule has 0 aromatic rings. The normalized spacial score (nSPS) is 21.5. The summed E-state index contributed by atoms with van der Waals surface area (Å²) in [6.45, 7) is 10.6. The second-order valence-corrected chi connectivity index (χ2v) is 5.15. The predicted octanol–water partition coefficient (Wildman–Crippen LogP) is 2.65. The first-order valence-corrected chi connectivity index (χ1v) is 5.56. The Bertz CT molecular complexity index is 193. The van der Waals surface area contributed by atoms with Crippen LogP contribution in [0.15, 0.2) is 5.18 Å². The Kier molecular flexibility index (Phi) is 3.65. The van der Waals surface area contributed by atoms with Crippen molar-refractivity contribution in [2.75, 3.05) is 13.1 Å². The van der Waals surface area contributed by atoms with E-state index in [1.54, 1.807) is 0 Å². The van der Waals surface area contributed by atoms with Crippen LogP contribution in [-0.4, -0.2) is 29.6 Å². The Hall–Kier alpha value is -0.440. The lowest BCUT2D eigenvalue weighted by Gasteiger charge is -2.38. The van der Waals surface area contributed by atoms with E-state index in [1.165, 1.54) is 0 Å². The van der Waals surface area contributed by atoms with Gasteiger partial charge in [0, 0.05) is 6.04 Å². The van der Waals surface area contributed by atoms with Gasteiger partial charge >= 0.3 is 0 Å². The summed E-state index contributed by atoms with van der Waals surface area (Å²) >= 11 is 0. The molecule has 82 valence electrons. The fourth-order valence-corrected chi connectivity index (χ4v) is 2.20. The summed E-state index contributed by atoms with van der Waals surface area (Å²) in [7, 11) is 0. The fourth-order valence-electron chi connectivity index (χ4n) is 2.20. The van der Waals surface area contributed by atoms with Gasteiger partial charge in [-0.25, -0.2) is 0 Å². The average Bonchev–Trinajstić information content (AvgIpc) is 2.18. The third kappa shape index (κ3) is 2.53. The van der Waals surface area contributed by atoms with Gasteiger partial charge in [0.05, 0.1) is 5.54 Å². The molecule has 0 aromatic heterocycles. The van der Waals surface area contributed by atoms with Crippen molar-refractivity contribution in [2.45, 2.75) is 52.1 Å². The van der Waals surface area contributed by atoms with Crippen LogP contribution in [0.2, 0.25) is 0 Å². The maximum Gasteiger partial charge on any atom is 0.0999 e. The minimum absolute atomic E-state index is 0.372. The zero-order valence-electron chi connectivity index (χ0n) is 9.79. The number of rotatable bonds is 3. The first-order valence-electron chi connectivity index (χ1n) is 5.56. The van der Waals surface area contributed by atoms with E-state index < -0.39 is 0 Å². The van der Waals surface area contributed by atoms with Crippen LogP contribution < -0.4 is 0 Å². The van der Waals surface area contributed by atoms with Crippen LogP contribution >= 0.6 is 0 Å². The molecule has 14 heavy (non-hydrogen) atoms. The van der Waals surface area contributed by atoms with E-state index in [4.69, 9.17) is 0 Å². The van der Waals surface area contributed by atoms with Crippen LogP contribution in [0.1, 0.15) is 40.5 Å². The lowest BCUT2D eigenvalue weighted by atomic mass is 9.81. The maximum atomic E-state index is 10.7. The Morgan fingerprint density at radius 2 is 1.79 bits per heavy atom. The SMILES string of the molecule is CC(C)N1CCC(C(C)(C)N=O)CC1. The van der Waals surface area contributed by atoms with Crippen molar-refractivity contribution in [3.63, 3.8) is 0 Å². The number of hydrogen-bond donors (Lipinski definition) is 0. The van der Waals surface area contributed by atoms with E-state index in [1.807, 2.05) is 13.8 Å². The molecule has 0 spiro atoms. The van der Waals surface area contributed by atoms with E-state index in [0.717, 1.165) is 25.9 Å². The number of nitrogens with zero attached hydrogens (tertiary/aromatic N) is 2. The molecule has 0 atom stereocenters. The summed E-state index contributed by atoms with van der Waals surface area (Å²) in [4.78, 5) is 13.1. The van der Waals surface area contributed by atoms with Crippen molar-refractivity contribution in [1.82, 2.24) is 4.90 Å². The highest BCUT2D eigenvalue weighted by Gasteiger charge is 2.33. The molecule has 1 aliphatic rings. The number of piperidine rings is 1. The summed E-state index contributed by atoms with van der Waals surface area (Å²) in [5.41, 5.74) is -0.372. The molecule has 3 nitrogen and oxygen atoms in total. The molecule has 1 fully saturated rings. The highest BCUT2D eigenvalue weighted by molar-refractivity contribution is 4.89. The van der Waals surface area contributed by atoms with E-state index in [-0.39, 0.29) is 5.54 Å². The molecule has 0 bridgehead atoms. The largest absolute Gasteiger partial charge is 0.301 e. The highest BCUT2D eigenvalue weighted by Crippen LogP contribution is 2.31. The Labute approximate surface area is 86.8 Å². The monoisotopic (exact) mass is 198 g/mol. The second-order valence-electron chi connectivity index (χ2n) is 5.15. The third-order valence-electron chi connectivity index (χ3n) is 3.49. The summed E-state index contributed by atoms with van der Waals surface area (Å²) in [6, 6.07) is 0.628. The minimum atomic E-state index is -0.372. The molecule has 0 radical (unpaired) electrons. The molecule has 0 saturated carbocycles. The van der Waals surface area contributed by atoms with Crippen molar-refractivity contribution in [1.29, 1.82) is 0 Å². The minimum Gasteiger partial charge on any atom is -0.301 e. The molecular weight excluding hydrogens is 176 g/mol. The fraction of sp³-hybridized carbons (Fsp3) is 1.00.